The van der Waals surface area contributed by atoms with Gasteiger partial charge in [0.2, 0.25) is 0 Å². The Bertz CT molecular complexity index is 936. The minimum Gasteiger partial charge on any atom is -0.469 e. The van der Waals surface area contributed by atoms with Gasteiger partial charge in [0, 0.05) is 24.2 Å². The molecule has 28 heavy (non-hydrogen) atoms. The number of fused-ring (bicyclic) bond motifs is 1. The zero-order valence-electron chi connectivity index (χ0n) is 16.0. The van der Waals surface area contributed by atoms with E-state index in [-0.39, 0.29) is 23.6 Å². The van der Waals surface area contributed by atoms with Crippen LogP contribution in [-0.4, -0.2) is 36.6 Å². The molecule has 4 aliphatic rings. The van der Waals surface area contributed by atoms with Gasteiger partial charge in [-0.25, -0.2) is 4.39 Å². The van der Waals surface area contributed by atoms with Crippen LogP contribution in [0.3, 0.4) is 0 Å². The van der Waals surface area contributed by atoms with Crippen molar-refractivity contribution in [3.63, 3.8) is 0 Å². The molecular weight excluding hydrogens is 353 g/mol. The van der Waals surface area contributed by atoms with Crippen molar-refractivity contribution < 1.29 is 13.9 Å². The van der Waals surface area contributed by atoms with Crippen LogP contribution >= 0.6 is 0 Å². The van der Waals surface area contributed by atoms with Gasteiger partial charge in [-0.2, -0.15) is 0 Å². The van der Waals surface area contributed by atoms with Crippen molar-refractivity contribution in [1.29, 1.82) is 0 Å². The van der Waals surface area contributed by atoms with Gasteiger partial charge in [0.1, 0.15) is 5.82 Å². The van der Waals surface area contributed by atoms with E-state index in [1.54, 1.807) is 12.1 Å². The van der Waals surface area contributed by atoms with Gasteiger partial charge in [0.15, 0.2) is 0 Å². The molecule has 5 unspecified atom stereocenters. The van der Waals surface area contributed by atoms with Gasteiger partial charge in [-0.05, 0) is 42.4 Å². The van der Waals surface area contributed by atoms with Crippen LogP contribution in [-0.2, 0) is 9.53 Å². The molecule has 5 atom stereocenters. The van der Waals surface area contributed by atoms with E-state index in [1.807, 2.05) is 30.3 Å². The highest BCUT2D eigenvalue weighted by molar-refractivity contribution is 5.76. The molecule has 0 N–H and O–H groups in total. The number of carbonyl (C=O) groups is 1. The molecule has 0 amide bonds. The molecule has 3 nitrogen and oxygen atoms in total. The summed E-state index contributed by atoms with van der Waals surface area (Å²) >= 11 is 0. The zero-order chi connectivity index (χ0) is 19.3. The number of ether oxygens (including phenoxy) is 1. The van der Waals surface area contributed by atoms with Crippen LogP contribution in [0, 0.1) is 17.7 Å². The molecule has 0 radical (unpaired) electrons. The first-order chi connectivity index (χ1) is 13.7. The van der Waals surface area contributed by atoms with Crippen molar-refractivity contribution in [2.24, 2.45) is 11.8 Å². The third-order valence-corrected chi connectivity index (χ3v) is 6.83. The van der Waals surface area contributed by atoms with E-state index in [9.17, 15) is 9.18 Å². The number of hydrogen-bond donors (Lipinski definition) is 0. The Hall–Kier alpha value is -2.46. The lowest BCUT2D eigenvalue weighted by atomic mass is 9.71. The maximum absolute atomic E-state index is 14.0. The molecule has 4 heteroatoms. The molecule has 0 aliphatic carbocycles. The average Bonchev–Trinajstić information content (AvgIpc) is 3.03. The Morgan fingerprint density at radius 3 is 2.68 bits per heavy atom. The summed E-state index contributed by atoms with van der Waals surface area (Å²) < 4.78 is 19.2. The van der Waals surface area contributed by atoms with Crippen LogP contribution in [0.2, 0.25) is 0 Å². The molecule has 144 valence electrons. The molecule has 6 rings (SSSR count). The van der Waals surface area contributed by atoms with E-state index >= 15 is 0 Å². The van der Waals surface area contributed by atoms with E-state index in [1.165, 1.54) is 25.2 Å². The zero-order valence-corrected chi connectivity index (χ0v) is 16.0. The fourth-order valence-electron chi connectivity index (χ4n) is 5.55. The number of methoxy groups -OCH3 is 1. The average molecular weight is 377 g/mol. The van der Waals surface area contributed by atoms with Gasteiger partial charge in [0.25, 0.3) is 0 Å². The molecule has 0 aromatic heterocycles. The molecule has 0 saturated carbocycles. The second-order valence-electron chi connectivity index (χ2n) is 8.18. The molecule has 4 bridgehead atoms. The van der Waals surface area contributed by atoms with E-state index < -0.39 is 0 Å². The Morgan fingerprint density at radius 1 is 1.14 bits per heavy atom. The predicted molar refractivity (Wildman–Crippen MR) is 107 cm³/mol. The normalized spacial score (nSPS) is 31.9. The Kier molecular flexibility index (Phi) is 4.31. The fourth-order valence-corrected chi connectivity index (χ4v) is 5.55. The lowest BCUT2D eigenvalue weighted by Crippen LogP contribution is -2.58. The van der Waals surface area contributed by atoms with Crippen molar-refractivity contribution in [2.45, 2.75) is 31.3 Å². The summed E-state index contributed by atoms with van der Waals surface area (Å²) in [5, 5.41) is 0. The number of nitrogens with zero attached hydrogens (tertiary/aromatic N) is 1. The smallest absolute Gasteiger partial charge is 0.310 e. The van der Waals surface area contributed by atoms with E-state index in [0.717, 1.165) is 30.5 Å². The predicted octanol–water partition coefficient (Wildman–Crippen LogP) is 4.53. The number of benzene rings is 2. The first kappa shape index (κ1) is 17.6. The van der Waals surface area contributed by atoms with Crippen molar-refractivity contribution >= 4 is 12.0 Å². The Labute approximate surface area is 164 Å². The summed E-state index contributed by atoms with van der Waals surface area (Å²) in [6.45, 7) is 0.947. The third-order valence-electron chi connectivity index (χ3n) is 6.83. The number of carbonyl (C=O) groups excluding carboxylic acids is 1. The van der Waals surface area contributed by atoms with Crippen LogP contribution in [0.5, 0.6) is 0 Å². The van der Waals surface area contributed by atoms with Gasteiger partial charge >= 0.3 is 5.97 Å². The molecule has 2 aromatic rings. The highest BCUT2D eigenvalue weighted by Gasteiger charge is 2.55. The van der Waals surface area contributed by atoms with Crippen LogP contribution < -0.4 is 0 Å². The number of halogens is 1. The van der Waals surface area contributed by atoms with Crippen molar-refractivity contribution in [1.82, 2.24) is 4.90 Å². The summed E-state index contributed by atoms with van der Waals surface area (Å²) in [6.07, 6.45) is 5.57. The minimum absolute atomic E-state index is 0.0403. The fraction of sp³-hybridized carbons (Fsp3) is 0.375. The van der Waals surface area contributed by atoms with Crippen LogP contribution in [0.4, 0.5) is 4.39 Å². The lowest BCUT2D eigenvalue weighted by Gasteiger charge is -2.50. The summed E-state index contributed by atoms with van der Waals surface area (Å²) in [5.41, 5.74) is 3.91. The number of piperidine rings is 3. The second kappa shape index (κ2) is 6.85. The minimum atomic E-state index is -0.206. The summed E-state index contributed by atoms with van der Waals surface area (Å²) in [7, 11) is 1.50. The van der Waals surface area contributed by atoms with Crippen LogP contribution in [0.25, 0.3) is 17.2 Å². The molecule has 0 spiro atoms. The molecule has 4 saturated heterocycles. The lowest BCUT2D eigenvalue weighted by molar-refractivity contribution is -0.153. The highest BCUT2D eigenvalue weighted by Crippen LogP contribution is 2.50. The van der Waals surface area contributed by atoms with Crippen LogP contribution in [0.15, 0.2) is 54.1 Å². The Balaban J connectivity index is 1.43. The SMILES string of the molecule is COC(=O)C1C2CC3CCC1N3C/C2=C\c1ccc(-c2ccccc2F)cc1. The van der Waals surface area contributed by atoms with Crippen LogP contribution in [0.1, 0.15) is 24.8 Å². The maximum atomic E-state index is 14.0. The number of esters is 1. The first-order valence-corrected chi connectivity index (χ1v) is 10.0. The Morgan fingerprint density at radius 2 is 1.93 bits per heavy atom. The quantitative estimate of drug-likeness (QED) is 0.736. The first-order valence-electron chi connectivity index (χ1n) is 10.0. The van der Waals surface area contributed by atoms with Gasteiger partial charge in [-0.1, -0.05) is 54.1 Å². The molecule has 2 aromatic carbocycles. The number of hydrogen-bond acceptors (Lipinski definition) is 3. The molecule has 4 fully saturated rings. The standard InChI is InChI=1S/C24H24FNO2/c1-28-24(27)23-20-13-18-10-11-22(23)26(18)14-17(20)12-15-6-8-16(9-7-15)19-4-2-3-5-21(19)25/h2-9,12,18,20,22-23H,10-11,13-14H2,1H3/b17-12+. The van der Waals surface area contributed by atoms with E-state index in [2.05, 4.69) is 11.0 Å². The third kappa shape index (κ3) is 2.78. The van der Waals surface area contributed by atoms with Crippen molar-refractivity contribution in [3.8, 4) is 11.1 Å². The van der Waals surface area contributed by atoms with Gasteiger partial charge in [0.05, 0.1) is 13.0 Å². The summed E-state index contributed by atoms with van der Waals surface area (Å²) in [6, 6.07) is 15.8. The van der Waals surface area contributed by atoms with Gasteiger partial charge < -0.3 is 4.74 Å². The van der Waals surface area contributed by atoms with Gasteiger partial charge in [-0.3, -0.25) is 9.69 Å². The maximum Gasteiger partial charge on any atom is 0.310 e. The summed E-state index contributed by atoms with van der Waals surface area (Å²) in [4.78, 5) is 15.0. The molecule has 4 aliphatic heterocycles. The topological polar surface area (TPSA) is 29.5 Å². The molecular formula is C24H24FNO2. The van der Waals surface area contributed by atoms with E-state index in [4.69, 9.17) is 4.74 Å². The monoisotopic (exact) mass is 377 g/mol. The number of rotatable bonds is 3. The summed E-state index contributed by atoms with van der Waals surface area (Å²) in [5.74, 6) is -0.0362. The second-order valence-corrected chi connectivity index (χ2v) is 8.18. The van der Waals surface area contributed by atoms with Gasteiger partial charge in [-0.15, -0.1) is 0 Å². The van der Waals surface area contributed by atoms with Crippen molar-refractivity contribution in [3.05, 3.63) is 65.5 Å². The highest BCUT2D eigenvalue weighted by atomic mass is 19.1. The largest absolute Gasteiger partial charge is 0.469 e. The molecule has 4 heterocycles. The van der Waals surface area contributed by atoms with Crippen molar-refractivity contribution in [2.75, 3.05) is 13.7 Å². The van der Waals surface area contributed by atoms with E-state index in [0.29, 0.717) is 17.6 Å².